The SMILES string of the molecule is Cc1cccc(C)c1NC(=O)C(C)(C)C1C(=O)Nc2ccccc2OC1=O. The van der Waals surface area contributed by atoms with Crippen LogP contribution in [0, 0.1) is 25.2 Å². The lowest BCUT2D eigenvalue weighted by Crippen LogP contribution is -2.47. The number of amides is 2. The van der Waals surface area contributed by atoms with Crippen molar-refractivity contribution in [3.8, 4) is 5.75 Å². The average Bonchev–Trinajstić information content (AvgIpc) is 2.72. The van der Waals surface area contributed by atoms with Crippen molar-refractivity contribution in [1.29, 1.82) is 0 Å². The molecule has 1 heterocycles. The molecule has 0 aromatic heterocycles. The summed E-state index contributed by atoms with van der Waals surface area (Å²) in [7, 11) is 0. The number of benzene rings is 2. The number of hydrogen-bond acceptors (Lipinski definition) is 4. The molecule has 2 N–H and O–H groups in total. The maximum Gasteiger partial charge on any atom is 0.325 e. The summed E-state index contributed by atoms with van der Waals surface area (Å²) in [6.07, 6.45) is 0. The third kappa shape index (κ3) is 3.43. The molecule has 3 rings (SSSR count). The van der Waals surface area contributed by atoms with Crippen molar-refractivity contribution < 1.29 is 19.1 Å². The van der Waals surface area contributed by atoms with Crippen molar-refractivity contribution in [2.45, 2.75) is 27.7 Å². The molecule has 2 amide bonds. The Balaban J connectivity index is 1.90. The Morgan fingerprint density at radius 1 is 1.04 bits per heavy atom. The molecule has 140 valence electrons. The Labute approximate surface area is 157 Å². The number of rotatable bonds is 3. The molecule has 2 aromatic carbocycles. The zero-order valence-electron chi connectivity index (χ0n) is 15.8. The second-order valence-corrected chi connectivity index (χ2v) is 7.28. The van der Waals surface area contributed by atoms with Crippen molar-refractivity contribution in [3.63, 3.8) is 0 Å². The number of nitrogens with one attached hydrogen (secondary N) is 2. The molecule has 2 aromatic rings. The molecule has 1 atom stereocenters. The van der Waals surface area contributed by atoms with Gasteiger partial charge in [0.2, 0.25) is 11.8 Å². The van der Waals surface area contributed by atoms with Crippen LogP contribution >= 0.6 is 0 Å². The fourth-order valence-corrected chi connectivity index (χ4v) is 3.18. The predicted molar refractivity (Wildman–Crippen MR) is 103 cm³/mol. The lowest BCUT2D eigenvalue weighted by Gasteiger charge is -2.29. The van der Waals surface area contributed by atoms with Crippen LogP contribution in [0.1, 0.15) is 25.0 Å². The number of fused-ring (bicyclic) bond motifs is 1. The van der Waals surface area contributed by atoms with Gasteiger partial charge in [0.25, 0.3) is 0 Å². The molecule has 6 nitrogen and oxygen atoms in total. The number of aryl methyl sites for hydroxylation is 2. The van der Waals surface area contributed by atoms with E-state index in [0.29, 0.717) is 11.4 Å². The first-order valence-electron chi connectivity index (χ1n) is 8.71. The monoisotopic (exact) mass is 366 g/mol. The van der Waals surface area contributed by atoms with Gasteiger partial charge in [-0.25, -0.2) is 0 Å². The van der Waals surface area contributed by atoms with Crippen LogP contribution in [0.4, 0.5) is 11.4 Å². The Morgan fingerprint density at radius 3 is 2.33 bits per heavy atom. The first kappa shape index (κ1) is 18.6. The maximum absolute atomic E-state index is 13.0. The third-order valence-electron chi connectivity index (χ3n) is 4.88. The fraction of sp³-hybridized carbons (Fsp3) is 0.286. The van der Waals surface area contributed by atoms with E-state index in [0.717, 1.165) is 11.1 Å². The summed E-state index contributed by atoms with van der Waals surface area (Å²) in [6, 6.07) is 12.4. The van der Waals surface area contributed by atoms with Crippen molar-refractivity contribution in [1.82, 2.24) is 0 Å². The lowest BCUT2D eigenvalue weighted by molar-refractivity contribution is -0.151. The molecule has 0 radical (unpaired) electrons. The number of hydrogen-bond donors (Lipinski definition) is 2. The van der Waals surface area contributed by atoms with Gasteiger partial charge in [-0.3, -0.25) is 14.4 Å². The van der Waals surface area contributed by atoms with Crippen LogP contribution in [0.25, 0.3) is 0 Å². The highest BCUT2D eigenvalue weighted by atomic mass is 16.5. The molecule has 0 saturated heterocycles. The molecular formula is C21H22N2O4. The zero-order chi connectivity index (χ0) is 19.8. The van der Waals surface area contributed by atoms with Gasteiger partial charge in [-0.05, 0) is 51.0 Å². The van der Waals surface area contributed by atoms with E-state index >= 15 is 0 Å². The van der Waals surface area contributed by atoms with Gasteiger partial charge in [-0.1, -0.05) is 30.3 Å². The summed E-state index contributed by atoms with van der Waals surface area (Å²) in [5.41, 5.74) is 1.57. The van der Waals surface area contributed by atoms with Crippen LogP contribution in [0.3, 0.4) is 0 Å². The van der Waals surface area contributed by atoms with Gasteiger partial charge in [0.05, 0.1) is 11.1 Å². The molecule has 6 heteroatoms. The molecule has 1 unspecified atom stereocenters. The number of ether oxygens (including phenoxy) is 1. The number of carbonyl (C=O) groups excluding carboxylic acids is 3. The van der Waals surface area contributed by atoms with Crippen LogP contribution in [-0.4, -0.2) is 17.8 Å². The molecule has 27 heavy (non-hydrogen) atoms. The summed E-state index contributed by atoms with van der Waals surface area (Å²) in [5, 5.41) is 5.56. The minimum absolute atomic E-state index is 0.268. The molecule has 0 bridgehead atoms. The summed E-state index contributed by atoms with van der Waals surface area (Å²) >= 11 is 0. The average molecular weight is 366 g/mol. The van der Waals surface area contributed by atoms with Crippen LogP contribution in [0.2, 0.25) is 0 Å². The molecule has 0 fully saturated rings. The highest BCUT2D eigenvalue weighted by Crippen LogP contribution is 2.36. The van der Waals surface area contributed by atoms with E-state index in [2.05, 4.69) is 10.6 Å². The summed E-state index contributed by atoms with van der Waals surface area (Å²) in [5.74, 6) is -2.76. The van der Waals surface area contributed by atoms with Crippen molar-refractivity contribution in [2.75, 3.05) is 10.6 Å². The predicted octanol–water partition coefficient (Wildman–Crippen LogP) is 3.44. The van der Waals surface area contributed by atoms with E-state index in [1.54, 1.807) is 38.1 Å². The highest BCUT2D eigenvalue weighted by Gasteiger charge is 2.48. The van der Waals surface area contributed by atoms with Crippen LogP contribution in [-0.2, 0) is 14.4 Å². The van der Waals surface area contributed by atoms with Gasteiger partial charge in [0, 0.05) is 5.69 Å². The van der Waals surface area contributed by atoms with Gasteiger partial charge in [0.15, 0.2) is 5.75 Å². The molecule has 0 aliphatic carbocycles. The van der Waals surface area contributed by atoms with Gasteiger partial charge in [-0.15, -0.1) is 0 Å². The Morgan fingerprint density at radius 2 is 1.67 bits per heavy atom. The van der Waals surface area contributed by atoms with Gasteiger partial charge in [-0.2, -0.15) is 0 Å². The van der Waals surface area contributed by atoms with Gasteiger partial charge in [0.1, 0.15) is 5.92 Å². The van der Waals surface area contributed by atoms with E-state index in [9.17, 15) is 14.4 Å². The largest absolute Gasteiger partial charge is 0.424 e. The molecule has 0 saturated carbocycles. The van der Waals surface area contributed by atoms with Crippen LogP contribution in [0.15, 0.2) is 42.5 Å². The molecule has 0 spiro atoms. The first-order chi connectivity index (χ1) is 12.7. The second-order valence-electron chi connectivity index (χ2n) is 7.28. The lowest BCUT2D eigenvalue weighted by atomic mass is 9.77. The van der Waals surface area contributed by atoms with E-state index in [1.165, 1.54) is 0 Å². The first-order valence-corrected chi connectivity index (χ1v) is 8.71. The third-order valence-corrected chi connectivity index (χ3v) is 4.88. The maximum atomic E-state index is 13.0. The quantitative estimate of drug-likeness (QED) is 0.495. The zero-order valence-corrected chi connectivity index (χ0v) is 15.8. The molecular weight excluding hydrogens is 344 g/mol. The Bertz CT molecular complexity index is 876. The fourth-order valence-electron chi connectivity index (χ4n) is 3.18. The smallest absolute Gasteiger partial charge is 0.325 e. The standard InChI is InChI=1S/C21H22N2O4/c1-12-8-7-9-13(2)17(12)23-20(26)21(3,4)16-18(24)22-14-10-5-6-11-15(14)27-19(16)25/h5-11,16H,1-4H3,(H,22,24)(H,23,26). The van der Waals surface area contributed by atoms with Crippen LogP contribution in [0.5, 0.6) is 5.75 Å². The van der Waals surface area contributed by atoms with Crippen molar-refractivity contribution >= 4 is 29.2 Å². The minimum atomic E-state index is -1.32. The number of carbonyl (C=O) groups is 3. The second kappa shape index (κ2) is 6.87. The summed E-state index contributed by atoms with van der Waals surface area (Å²) < 4.78 is 5.37. The number of para-hydroxylation sites is 3. The van der Waals surface area contributed by atoms with Crippen molar-refractivity contribution in [3.05, 3.63) is 53.6 Å². The van der Waals surface area contributed by atoms with E-state index < -0.39 is 29.1 Å². The van der Waals surface area contributed by atoms with Crippen molar-refractivity contribution in [2.24, 2.45) is 11.3 Å². The normalized spacial score (nSPS) is 16.7. The Kier molecular flexibility index (Phi) is 4.74. The summed E-state index contributed by atoms with van der Waals surface area (Å²) in [4.78, 5) is 38.4. The highest BCUT2D eigenvalue weighted by molar-refractivity contribution is 6.13. The molecule has 1 aliphatic rings. The minimum Gasteiger partial charge on any atom is -0.424 e. The van der Waals surface area contributed by atoms with Crippen LogP contribution < -0.4 is 15.4 Å². The van der Waals surface area contributed by atoms with E-state index in [4.69, 9.17) is 4.74 Å². The number of anilines is 2. The van der Waals surface area contributed by atoms with E-state index in [-0.39, 0.29) is 5.75 Å². The molecule has 1 aliphatic heterocycles. The van der Waals surface area contributed by atoms with Gasteiger partial charge < -0.3 is 15.4 Å². The number of esters is 1. The topological polar surface area (TPSA) is 84.5 Å². The Hall–Kier alpha value is -3.15. The van der Waals surface area contributed by atoms with Gasteiger partial charge >= 0.3 is 5.97 Å². The summed E-state index contributed by atoms with van der Waals surface area (Å²) in [6.45, 7) is 6.91. The van der Waals surface area contributed by atoms with E-state index in [1.807, 2.05) is 32.0 Å².